The van der Waals surface area contributed by atoms with Gasteiger partial charge in [-0.15, -0.1) is 0 Å². The lowest BCUT2D eigenvalue weighted by Crippen LogP contribution is -2.46. The van der Waals surface area contributed by atoms with E-state index in [1.165, 1.54) is 25.7 Å². The molecule has 110 valence electrons. The summed E-state index contributed by atoms with van der Waals surface area (Å²) in [6, 6.07) is -0.0268. The highest BCUT2D eigenvalue weighted by Crippen LogP contribution is 2.25. The van der Waals surface area contributed by atoms with E-state index in [1.54, 1.807) is 9.80 Å². The van der Waals surface area contributed by atoms with Crippen molar-refractivity contribution in [2.75, 3.05) is 20.1 Å². The predicted octanol–water partition coefficient (Wildman–Crippen LogP) is 2.41. The quantitative estimate of drug-likeness (QED) is 0.806. The van der Waals surface area contributed by atoms with Gasteiger partial charge in [0.2, 0.25) is 0 Å². The Morgan fingerprint density at radius 3 is 2.32 bits per heavy atom. The Balaban J connectivity index is 2.51. The minimum atomic E-state index is -0.864. The summed E-state index contributed by atoms with van der Waals surface area (Å²) >= 11 is 0. The molecule has 5 heteroatoms. The van der Waals surface area contributed by atoms with Crippen molar-refractivity contribution < 1.29 is 14.7 Å². The van der Waals surface area contributed by atoms with Crippen LogP contribution in [-0.4, -0.2) is 53.1 Å². The van der Waals surface area contributed by atoms with Gasteiger partial charge in [-0.05, 0) is 32.6 Å². The van der Waals surface area contributed by atoms with E-state index < -0.39 is 5.97 Å². The van der Waals surface area contributed by atoms with Gasteiger partial charge in [-0.2, -0.15) is 0 Å². The standard InChI is InChI=1S/C14H26N2O3/c1-11(2)16(9-8-13(17)18)14(19)15(3)10-12-6-4-5-7-12/h11-12H,4-10H2,1-3H3,(H,17,18). The number of carbonyl (C=O) groups is 2. The molecular formula is C14H26N2O3. The molecule has 2 amide bonds. The van der Waals surface area contributed by atoms with Crippen LogP contribution in [0.2, 0.25) is 0 Å². The Hall–Kier alpha value is -1.26. The van der Waals surface area contributed by atoms with E-state index in [0.29, 0.717) is 5.92 Å². The van der Waals surface area contributed by atoms with Gasteiger partial charge in [0.15, 0.2) is 0 Å². The van der Waals surface area contributed by atoms with Crippen LogP contribution in [0.15, 0.2) is 0 Å². The molecule has 0 aromatic carbocycles. The molecule has 0 heterocycles. The molecule has 0 saturated heterocycles. The van der Waals surface area contributed by atoms with E-state index in [4.69, 9.17) is 5.11 Å². The molecule has 1 saturated carbocycles. The van der Waals surface area contributed by atoms with Gasteiger partial charge >= 0.3 is 12.0 Å². The molecule has 1 N–H and O–H groups in total. The molecule has 0 aromatic heterocycles. The van der Waals surface area contributed by atoms with Crippen molar-refractivity contribution in [3.05, 3.63) is 0 Å². The van der Waals surface area contributed by atoms with Crippen molar-refractivity contribution in [2.45, 2.75) is 52.0 Å². The first-order valence-corrected chi connectivity index (χ1v) is 7.15. The fourth-order valence-electron chi connectivity index (χ4n) is 2.67. The van der Waals surface area contributed by atoms with E-state index in [1.807, 2.05) is 20.9 Å². The maximum absolute atomic E-state index is 12.3. The van der Waals surface area contributed by atoms with Crippen LogP contribution < -0.4 is 0 Å². The highest BCUT2D eigenvalue weighted by molar-refractivity contribution is 5.75. The van der Waals surface area contributed by atoms with Gasteiger partial charge in [0, 0.05) is 26.2 Å². The molecule has 0 aliphatic heterocycles. The molecule has 0 bridgehead atoms. The van der Waals surface area contributed by atoms with Crippen LogP contribution in [-0.2, 0) is 4.79 Å². The fraction of sp³-hybridized carbons (Fsp3) is 0.857. The number of carboxylic acids is 1. The summed E-state index contributed by atoms with van der Waals surface area (Å²) in [6.07, 6.45) is 4.93. The van der Waals surface area contributed by atoms with Gasteiger partial charge in [-0.3, -0.25) is 4.79 Å². The second-order valence-electron chi connectivity index (χ2n) is 5.74. The molecule has 0 atom stereocenters. The molecule has 0 aromatic rings. The molecular weight excluding hydrogens is 244 g/mol. The molecule has 1 fully saturated rings. The first kappa shape index (κ1) is 15.8. The molecule has 0 spiro atoms. The van der Waals surface area contributed by atoms with E-state index in [-0.39, 0.29) is 25.0 Å². The normalized spacial score (nSPS) is 15.8. The minimum Gasteiger partial charge on any atom is -0.481 e. The topological polar surface area (TPSA) is 60.9 Å². The van der Waals surface area contributed by atoms with E-state index in [2.05, 4.69) is 0 Å². The monoisotopic (exact) mass is 270 g/mol. The van der Waals surface area contributed by atoms with Crippen LogP contribution in [0.3, 0.4) is 0 Å². The molecule has 19 heavy (non-hydrogen) atoms. The van der Waals surface area contributed by atoms with Crippen molar-refractivity contribution in [1.82, 2.24) is 9.80 Å². The lowest BCUT2D eigenvalue weighted by atomic mass is 10.1. The number of carboxylic acid groups (broad SMARTS) is 1. The van der Waals surface area contributed by atoms with Gasteiger partial charge < -0.3 is 14.9 Å². The SMILES string of the molecule is CC(C)N(CCC(=O)O)C(=O)N(C)CC1CCCC1. The highest BCUT2D eigenvalue weighted by atomic mass is 16.4. The average molecular weight is 270 g/mol. The van der Waals surface area contributed by atoms with E-state index in [0.717, 1.165) is 6.54 Å². The van der Waals surface area contributed by atoms with Crippen LogP contribution in [0, 0.1) is 5.92 Å². The molecule has 1 rings (SSSR count). The summed E-state index contributed by atoms with van der Waals surface area (Å²) in [5.74, 6) is -0.251. The van der Waals surface area contributed by atoms with Crippen molar-refractivity contribution >= 4 is 12.0 Å². The van der Waals surface area contributed by atoms with Crippen molar-refractivity contribution in [1.29, 1.82) is 0 Å². The molecule has 0 unspecified atom stereocenters. The van der Waals surface area contributed by atoms with Crippen LogP contribution >= 0.6 is 0 Å². The van der Waals surface area contributed by atoms with Gasteiger partial charge in [-0.25, -0.2) is 4.79 Å². The number of rotatable bonds is 6. The number of carbonyl (C=O) groups excluding carboxylic acids is 1. The molecule has 0 radical (unpaired) electrons. The third-order valence-corrected chi connectivity index (χ3v) is 3.77. The number of aliphatic carboxylic acids is 1. The molecule has 1 aliphatic carbocycles. The van der Waals surface area contributed by atoms with Crippen LogP contribution in [0.1, 0.15) is 46.0 Å². The summed E-state index contributed by atoms with van der Waals surface area (Å²) in [4.78, 5) is 26.4. The Bertz CT molecular complexity index is 312. The van der Waals surface area contributed by atoms with Crippen molar-refractivity contribution in [3.8, 4) is 0 Å². The predicted molar refractivity (Wildman–Crippen MR) is 74.1 cm³/mol. The Kier molecular flexibility index (Phi) is 6.12. The summed E-state index contributed by atoms with van der Waals surface area (Å²) in [7, 11) is 1.82. The zero-order valence-electron chi connectivity index (χ0n) is 12.3. The summed E-state index contributed by atoms with van der Waals surface area (Å²) in [6.45, 7) is 4.91. The Labute approximate surface area is 115 Å². The third-order valence-electron chi connectivity index (χ3n) is 3.77. The van der Waals surface area contributed by atoms with Crippen LogP contribution in [0.4, 0.5) is 4.79 Å². The van der Waals surface area contributed by atoms with Crippen molar-refractivity contribution in [3.63, 3.8) is 0 Å². The van der Waals surface area contributed by atoms with Gasteiger partial charge in [0.05, 0.1) is 6.42 Å². The van der Waals surface area contributed by atoms with Crippen LogP contribution in [0.5, 0.6) is 0 Å². The zero-order valence-corrected chi connectivity index (χ0v) is 12.3. The maximum Gasteiger partial charge on any atom is 0.319 e. The van der Waals surface area contributed by atoms with Gasteiger partial charge in [-0.1, -0.05) is 12.8 Å². The average Bonchev–Trinajstić information content (AvgIpc) is 2.80. The maximum atomic E-state index is 12.3. The van der Waals surface area contributed by atoms with E-state index in [9.17, 15) is 9.59 Å². The lowest BCUT2D eigenvalue weighted by molar-refractivity contribution is -0.137. The first-order valence-electron chi connectivity index (χ1n) is 7.15. The number of hydrogen-bond donors (Lipinski definition) is 1. The molecule has 5 nitrogen and oxygen atoms in total. The summed E-state index contributed by atoms with van der Waals surface area (Å²) in [5.41, 5.74) is 0. The zero-order chi connectivity index (χ0) is 14.4. The summed E-state index contributed by atoms with van der Waals surface area (Å²) < 4.78 is 0. The number of urea groups is 1. The van der Waals surface area contributed by atoms with Gasteiger partial charge in [0.25, 0.3) is 0 Å². The fourth-order valence-corrected chi connectivity index (χ4v) is 2.67. The second kappa shape index (κ2) is 7.36. The largest absolute Gasteiger partial charge is 0.481 e. The number of amides is 2. The second-order valence-corrected chi connectivity index (χ2v) is 5.74. The Morgan fingerprint density at radius 1 is 1.26 bits per heavy atom. The minimum absolute atomic E-state index is 0.00118. The van der Waals surface area contributed by atoms with Crippen molar-refractivity contribution in [2.24, 2.45) is 5.92 Å². The van der Waals surface area contributed by atoms with E-state index >= 15 is 0 Å². The van der Waals surface area contributed by atoms with Gasteiger partial charge in [0.1, 0.15) is 0 Å². The number of hydrogen-bond acceptors (Lipinski definition) is 2. The first-order chi connectivity index (χ1) is 8.91. The smallest absolute Gasteiger partial charge is 0.319 e. The Morgan fingerprint density at radius 2 is 1.84 bits per heavy atom. The third kappa shape index (κ3) is 5.09. The number of nitrogens with zero attached hydrogens (tertiary/aromatic N) is 2. The highest BCUT2D eigenvalue weighted by Gasteiger charge is 2.24. The molecule has 1 aliphatic rings. The van der Waals surface area contributed by atoms with Crippen LogP contribution in [0.25, 0.3) is 0 Å². The summed E-state index contributed by atoms with van der Waals surface area (Å²) in [5, 5.41) is 8.74. The lowest BCUT2D eigenvalue weighted by Gasteiger charge is -2.32.